The van der Waals surface area contributed by atoms with Gasteiger partial charge in [-0.05, 0) is 43.9 Å². The number of aromatic nitrogens is 1. The molecule has 1 N–H and O–H groups in total. The van der Waals surface area contributed by atoms with Crippen LogP contribution < -0.4 is 4.90 Å². The number of aliphatic hydroxyl groups is 1. The molecule has 1 aliphatic heterocycles. The van der Waals surface area contributed by atoms with Gasteiger partial charge in [0, 0.05) is 13.1 Å². The Kier molecular flexibility index (Phi) is 3.47. The van der Waals surface area contributed by atoms with Crippen molar-refractivity contribution in [1.29, 1.82) is 0 Å². The fourth-order valence-electron chi connectivity index (χ4n) is 4.29. The smallest absolute Gasteiger partial charge is 0.185 e. The first-order valence-corrected chi connectivity index (χ1v) is 9.05. The van der Waals surface area contributed by atoms with Crippen LogP contribution in [0.25, 0.3) is 0 Å². The van der Waals surface area contributed by atoms with Crippen LogP contribution in [0.5, 0.6) is 0 Å². The van der Waals surface area contributed by atoms with Gasteiger partial charge in [-0.2, -0.15) is 0 Å². The number of hydrogen-bond donors (Lipinski definition) is 1. The van der Waals surface area contributed by atoms with Gasteiger partial charge >= 0.3 is 0 Å². The zero-order valence-corrected chi connectivity index (χ0v) is 12.9. The van der Waals surface area contributed by atoms with Crippen LogP contribution in [0.2, 0.25) is 0 Å². The summed E-state index contributed by atoms with van der Waals surface area (Å²) in [6, 6.07) is 0. The molecule has 0 bridgehead atoms. The highest BCUT2D eigenvalue weighted by molar-refractivity contribution is 7.15. The van der Waals surface area contributed by atoms with E-state index in [1.165, 1.54) is 56.0 Å². The number of anilines is 1. The van der Waals surface area contributed by atoms with Gasteiger partial charge in [0.1, 0.15) is 0 Å². The Hall–Kier alpha value is -0.610. The van der Waals surface area contributed by atoms with Gasteiger partial charge in [-0.15, -0.1) is 0 Å². The van der Waals surface area contributed by atoms with Crippen molar-refractivity contribution in [2.75, 3.05) is 18.0 Å². The Morgan fingerprint density at radius 3 is 2.75 bits per heavy atom. The van der Waals surface area contributed by atoms with Crippen LogP contribution in [0.1, 0.15) is 61.6 Å². The number of nitrogens with zero attached hydrogens (tertiary/aromatic N) is 2. The lowest BCUT2D eigenvalue weighted by Crippen LogP contribution is -2.41. The summed E-state index contributed by atoms with van der Waals surface area (Å²) < 4.78 is 0. The number of fused-ring (bicyclic) bond motifs is 2. The van der Waals surface area contributed by atoms with Gasteiger partial charge in [-0.25, -0.2) is 4.98 Å². The summed E-state index contributed by atoms with van der Waals surface area (Å²) >= 11 is 1.75. The molecular formula is C16H24N2OS. The molecule has 0 amide bonds. The highest BCUT2D eigenvalue weighted by atomic mass is 32.1. The standard InChI is InChI=1S/C16H24N2OS/c19-14-7-3-6-13-15(14)20-16(17-13)18-9-8-11-4-1-2-5-12(11)10-18/h11-12,14,19H,1-10H2. The molecule has 2 heterocycles. The molecule has 4 heteroatoms. The first kappa shape index (κ1) is 13.1. The van der Waals surface area contributed by atoms with Crippen molar-refractivity contribution < 1.29 is 5.11 Å². The van der Waals surface area contributed by atoms with E-state index in [4.69, 9.17) is 4.98 Å². The van der Waals surface area contributed by atoms with E-state index in [0.717, 1.165) is 36.0 Å². The predicted molar refractivity (Wildman–Crippen MR) is 82.3 cm³/mol. The van der Waals surface area contributed by atoms with Gasteiger partial charge in [0.05, 0.1) is 16.7 Å². The number of thiazole rings is 1. The minimum Gasteiger partial charge on any atom is -0.388 e. The Labute approximate surface area is 125 Å². The molecule has 2 aliphatic carbocycles. The quantitative estimate of drug-likeness (QED) is 0.860. The molecule has 3 nitrogen and oxygen atoms in total. The second-order valence-corrected chi connectivity index (χ2v) is 7.76. The van der Waals surface area contributed by atoms with Crippen LogP contribution in [0.3, 0.4) is 0 Å². The highest BCUT2D eigenvalue weighted by Gasteiger charge is 2.33. The molecular weight excluding hydrogens is 268 g/mol. The minimum atomic E-state index is -0.253. The van der Waals surface area contributed by atoms with Crippen molar-refractivity contribution in [3.05, 3.63) is 10.6 Å². The zero-order valence-electron chi connectivity index (χ0n) is 12.1. The van der Waals surface area contributed by atoms with Crippen molar-refractivity contribution in [1.82, 2.24) is 4.98 Å². The molecule has 2 fully saturated rings. The zero-order chi connectivity index (χ0) is 13.5. The summed E-state index contributed by atoms with van der Waals surface area (Å²) in [5.41, 5.74) is 1.18. The SMILES string of the molecule is OC1CCCc2nc(N3CCC4CCCCC4C3)sc21. The normalized spacial score (nSPS) is 33.6. The molecule has 0 spiro atoms. The second-order valence-electron chi connectivity index (χ2n) is 6.75. The third-order valence-electron chi connectivity index (χ3n) is 5.47. The average Bonchev–Trinajstić information content (AvgIpc) is 2.92. The maximum atomic E-state index is 10.1. The van der Waals surface area contributed by atoms with Gasteiger partial charge in [-0.1, -0.05) is 30.6 Å². The Bertz CT molecular complexity index is 487. The third kappa shape index (κ3) is 2.27. The first-order valence-electron chi connectivity index (χ1n) is 8.24. The Morgan fingerprint density at radius 1 is 1.05 bits per heavy atom. The van der Waals surface area contributed by atoms with E-state index in [2.05, 4.69) is 4.90 Å². The van der Waals surface area contributed by atoms with Crippen molar-refractivity contribution in [2.45, 2.75) is 57.5 Å². The molecule has 0 aromatic carbocycles. The topological polar surface area (TPSA) is 36.4 Å². The van der Waals surface area contributed by atoms with Gasteiger partial charge in [0.2, 0.25) is 0 Å². The van der Waals surface area contributed by atoms with E-state index >= 15 is 0 Å². The summed E-state index contributed by atoms with van der Waals surface area (Å²) in [5.74, 6) is 1.86. The lowest BCUT2D eigenvalue weighted by molar-refractivity contribution is 0.160. The maximum absolute atomic E-state index is 10.1. The van der Waals surface area contributed by atoms with Crippen molar-refractivity contribution >= 4 is 16.5 Å². The van der Waals surface area contributed by atoms with Crippen molar-refractivity contribution in [2.24, 2.45) is 11.8 Å². The molecule has 110 valence electrons. The van der Waals surface area contributed by atoms with Crippen LogP contribution in [-0.2, 0) is 6.42 Å². The molecule has 1 saturated carbocycles. The molecule has 1 aromatic rings. The third-order valence-corrected chi connectivity index (χ3v) is 6.73. The summed E-state index contributed by atoms with van der Waals surface area (Å²) in [6.07, 6.45) is 9.88. The fourth-order valence-corrected chi connectivity index (χ4v) is 5.46. The molecule has 3 unspecified atom stereocenters. The Morgan fingerprint density at radius 2 is 1.90 bits per heavy atom. The summed E-state index contributed by atoms with van der Waals surface area (Å²) in [7, 11) is 0. The molecule has 4 rings (SSSR count). The van der Waals surface area contributed by atoms with Crippen molar-refractivity contribution in [3.8, 4) is 0 Å². The molecule has 1 aromatic heterocycles. The fraction of sp³-hybridized carbons (Fsp3) is 0.812. The van der Waals surface area contributed by atoms with E-state index in [0.29, 0.717) is 0 Å². The maximum Gasteiger partial charge on any atom is 0.185 e. The highest BCUT2D eigenvalue weighted by Crippen LogP contribution is 2.41. The van der Waals surface area contributed by atoms with Crippen molar-refractivity contribution in [3.63, 3.8) is 0 Å². The number of piperidine rings is 1. The van der Waals surface area contributed by atoms with Crippen LogP contribution in [-0.4, -0.2) is 23.2 Å². The van der Waals surface area contributed by atoms with E-state index < -0.39 is 0 Å². The van der Waals surface area contributed by atoms with Crippen LogP contribution in [0.4, 0.5) is 5.13 Å². The number of rotatable bonds is 1. The van der Waals surface area contributed by atoms with E-state index in [9.17, 15) is 5.11 Å². The van der Waals surface area contributed by atoms with E-state index in [1.54, 1.807) is 11.3 Å². The first-order chi connectivity index (χ1) is 9.81. The number of aliphatic hydroxyl groups excluding tert-OH is 1. The van der Waals surface area contributed by atoms with E-state index in [-0.39, 0.29) is 6.10 Å². The summed E-state index contributed by atoms with van der Waals surface area (Å²) in [4.78, 5) is 8.50. The average molecular weight is 292 g/mol. The lowest BCUT2D eigenvalue weighted by atomic mass is 9.75. The van der Waals surface area contributed by atoms with Gasteiger partial charge in [0.15, 0.2) is 5.13 Å². The van der Waals surface area contributed by atoms with Crippen LogP contribution in [0.15, 0.2) is 0 Å². The summed E-state index contributed by atoms with van der Waals surface area (Å²) in [5, 5.41) is 11.3. The second kappa shape index (κ2) is 5.30. The minimum absolute atomic E-state index is 0.253. The summed E-state index contributed by atoms with van der Waals surface area (Å²) in [6.45, 7) is 2.37. The molecule has 1 saturated heterocycles. The molecule has 0 radical (unpaired) electrons. The predicted octanol–water partition coefficient (Wildman–Crippen LogP) is 3.53. The number of hydrogen-bond acceptors (Lipinski definition) is 4. The van der Waals surface area contributed by atoms with Gasteiger partial charge in [0.25, 0.3) is 0 Å². The monoisotopic (exact) mass is 292 g/mol. The largest absolute Gasteiger partial charge is 0.388 e. The van der Waals surface area contributed by atoms with E-state index in [1.807, 2.05) is 0 Å². The Balaban J connectivity index is 1.53. The van der Waals surface area contributed by atoms with Crippen LogP contribution in [0, 0.1) is 11.8 Å². The van der Waals surface area contributed by atoms with Gasteiger partial charge in [-0.3, -0.25) is 0 Å². The number of aryl methyl sites for hydroxylation is 1. The molecule has 3 atom stereocenters. The van der Waals surface area contributed by atoms with Crippen LogP contribution >= 0.6 is 11.3 Å². The molecule has 20 heavy (non-hydrogen) atoms. The lowest BCUT2D eigenvalue weighted by Gasteiger charge is -2.41. The van der Waals surface area contributed by atoms with Gasteiger partial charge < -0.3 is 10.0 Å². The molecule has 3 aliphatic rings.